The van der Waals surface area contributed by atoms with Crippen LogP contribution in [0.1, 0.15) is 43.2 Å². The third kappa shape index (κ3) is 5.08. The van der Waals surface area contributed by atoms with Gasteiger partial charge in [0.15, 0.2) is 0 Å². The molecule has 0 fully saturated rings. The number of nitrogens with one attached hydrogen (secondary N) is 2. The molecule has 1 aromatic carbocycles. The normalized spacial score (nSPS) is 14.6. The van der Waals surface area contributed by atoms with Gasteiger partial charge in [-0.25, -0.2) is 4.79 Å². The minimum Gasteiger partial charge on any atom is -0.338 e. The zero-order valence-corrected chi connectivity index (χ0v) is 12.2. The fourth-order valence-corrected chi connectivity index (χ4v) is 2.54. The van der Waals surface area contributed by atoms with Crippen LogP contribution in [0.2, 0.25) is 0 Å². The van der Waals surface area contributed by atoms with Crippen LogP contribution in [-0.4, -0.2) is 12.6 Å². The lowest BCUT2D eigenvalue weighted by atomic mass is 9.97. The van der Waals surface area contributed by atoms with Gasteiger partial charge in [0.25, 0.3) is 0 Å². The highest BCUT2D eigenvalue weighted by atomic mass is 16.2. The lowest BCUT2D eigenvalue weighted by molar-refractivity contribution is 0.240. The molecule has 0 aromatic heterocycles. The number of hydrogen-bond acceptors (Lipinski definition) is 1. The topological polar surface area (TPSA) is 41.1 Å². The molecule has 0 saturated heterocycles. The first-order chi connectivity index (χ1) is 9.74. The van der Waals surface area contributed by atoms with Crippen molar-refractivity contribution in [2.45, 2.75) is 45.6 Å². The smallest absolute Gasteiger partial charge is 0.315 e. The number of carbonyl (C=O) groups is 1. The van der Waals surface area contributed by atoms with Crippen molar-refractivity contribution in [3.8, 4) is 0 Å². The van der Waals surface area contributed by atoms with Crippen molar-refractivity contribution in [3.05, 3.63) is 47.0 Å². The molecule has 2 amide bonds. The first kappa shape index (κ1) is 14.6. The van der Waals surface area contributed by atoms with E-state index < -0.39 is 0 Å². The summed E-state index contributed by atoms with van der Waals surface area (Å²) in [6, 6.07) is 8.11. The molecule has 0 unspecified atom stereocenters. The molecule has 0 heterocycles. The van der Waals surface area contributed by atoms with E-state index in [2.05, 4.69) is 35.8 Å². The monoisotopic (exact) mass is 272 g/mol. The van der Waals surface area contributed by atoms with Gasteiger partial charge in [0, 0.05) is 13.1 Å². The number of allylic oxidation sites excluding steroid dienone is 1. The van der Waals surface area contributed by atoms with Crippen LogP contribution in [0.4, 0.5) is 4.79 Å². The molecule has 1 aromatic rings. The molecule has 0 spiro atoms. The highest BCUT2D eigenvalue weighted by Crippen LogP contribution is 2.19. The minimum absolute atomic E-state index is 0.0806. The predicted octanol–water partition coefficient (Wildman–Crippen LogP) is 3.68. The van der Waals surface area contributed by atoms with E-state index in [1.807, 2.05) is 12.1 Å². The van der Waals surface area contributed by atoms with Crippen molar-refractivity contribution in [2.75, 3.05) is 6.54 Å². The maximum absolute atomic E-state index is 11.7. The quantitative estimate of drug-likeness (QED) is 0.789. The summed E-state index contributed by atoms with van der Waals surface area (Å²) in [7, 11) is 0. The molecule has 2 N–H and O–H groups in total. The summed E-state index contributed by atoms with van der Waals surface area (Å²) in [6.07, 6.45) is 8.33. The zero-order valence-electron chi connectivity index (χ0n) is 12.2. The van der Waals surface area contributed by atoms with Crippen molar-refractivity contribution in [1.82, 2.24) is 10.6 Å². The minimum atomic E-state index is -0.0806. The second-order valence-corrected chi connectivity index (χ2v) is 5.46. The Kier molecular flexibility index (Phi) is 5.66. The summed E-state index contributed by atoms with van der Waals surface area (Å²) < 4.78 is 0. The van der Waals surface area contributed by atoms with E-state index in [0.29, 0.717) is 6.54 Å². The average Bonchev–Trinajstić information content (AvgIpc) is 2.46. The lowest BCUT2D eigenvalue weighted by Crippen LogP contribution is -2.35. The molecule has 0 radical (unpaired) electrons. The predicted molar refractivity (Wildman–Crippen MR) is 82.6 cm³/mol. The van der Waals surface area contributed by atoms with Crippen LogP contribution in [-0.2, 0) is 6.54 Å². The van der Waals surface area contributed by atoms with E-state index in [4.69, 9.17) is 0 Å². The molecule has 0 atom stereocenters. The van der Waals surface area contributed by atoms with E-state index >= 15 is 0 Å². The third-order valence-electron chi connectivity index (χ3n) is 3.65. The van der Waals surface area contributed by atoms with E-state index in [1.54, 1.807) is 0 Å². The molecule has 1 aliphatic carbocycles. The molecule has 20 heavy (non-hydrogen) atoms. The van der Waals surface area contributed by atoms with Crippen molar-refractivity contribution in [1.29, 1.82) is 0 Å². The summed E-state index contributed by atoms with van der Waals surface area (Å²) in [6.45, 7) is 3.36. The van der Waals surface area contributed by atoms with Gasteiger partial charge in [0.1, 0.15) is 0 Å². The highest BCUT2D eigenvalue weighted by Gasteiger charge is 2.04. The third-order valence-corrected chi connectivity index (χ3v) is 3.65. The molecule has 0 saturated carbocycles. The molecule has 2 rings (SSSR count). The van der Waals surface area contributed by atoms with Gasteiger partial charge in [0.2, 0.25) is 0 Å². The lowest BCUT2D eigenvalue weighted by Gasteiger charge is -2.13. The first-order valence-electron chi connectivity index (χ1n) is 7.49. The first-order valence-corrected chi connectivity index (χ1v) is 7.49. The molecule has 3 heteroatoms. The fraction of sp³-hybridized carbons (Fsp3) is 0.471. The van der Waals surface area contributed by atoms with Gasteiger partial charge in [-0.2, -0.15) is 0 Å². The number of carbonyl (C=O) groups excluding carboxylic acids is 1. The highest BCUT2D eigenvalue weighted by molar-refractivity contribution is 5.73. The maximum atomic E-state index is 11.7. The van der Waals surface area contributed by atoms with Crippen LogP contribution in [0.25, 0.3) is 0 Å². The Balaban J connectivity index is 1.64. The van der Waals surface area contributed by atoms with Gasteiger partial charge in [-0.15, -0.1) is 0 Å². The Morgan fingerprint density at radius 1 is 1.25 bits per heavy atom. The van der Waals surface area contributed by atoms with Crippen LogP contribution in [0.15, 0.2) is 35.9 Å². The fourth-order valence-electron chi connectivity index (χ4n) is 2.54. The van der Waals surface area contributed by atoms with E-state index in [9.17, 15) is 4.79 Å². The van der Waals surface area contributed by atoms with Crippen molar-refractivity contribution < 1.29 is 4.79 Å². The van der Waals surface area contributed by atoms with Gasteiger partial charge < -0.3 is 10.6 Å². The maximum Gasteiger partial charge on any atom is 0.315 e. The van der Waals surface area contributed by atoms with E-state index in [0.717, 1.165) is 18.5 Å². The van der Waals surface area contributed by atoms with E-state index in [-0.39, 0.29) is 6.03 Å². The van der Waals surface area contributed by atoms with Crippen molar-refractivity contribution in [2.24, 2.45) is 0 Å². The van der Waals surface area contributed by atoms with Crippen LogP contribution in [0, 0.1) is 6.92 Å². The van der Waals surface area contributed by atoms with Gasteiger partial charge in [-0.1, -0.05) is 41.5 Å². The Hall–Kier alpha value is -1.77. The molecule has 3 nitrogen and oxygen atoms in total. The number of rotatable bonds is 5. The zero-order chi connectivity index (χ0) is 14.2. The number of amides is 2. The van der Waals surface area contributed by atoms with Gasteiger partial charge >= 0.3 is 6.03 Å². The molecule has 0 aliphatic heterocycles. The second kappa shape index (κ2) is 7.73. The van der Waals surface area contributed by atoms with Crippen molar-refractivity contribution in [3.63, 3.8) is 0 Å². The molecule has 108 valence electrons. The summed E-state index contributed by atoms with van der Waals surface area (Å²) in [5.74, 6) is 0. The van der Waals surface area contributed by atoms with E-state index in [1.165, 1.54) is 36.8 Å². The SMILES string of the molecule is Cc1cccc(CNC(=O)NCCC2=CCCCC2)c1. The molecule has 0 bridgehead atoms. The Labute approximate surface area is 121 Å². The van der Waals surface area contributed by atoms with Gasteiger partial charge in [0.05, 0.1) is 0 Å². The summed E-state index contributed by atoms with van der Waals surface area (Å²) in [5, 5.41) is 5.82. The Bertz CT molecular complexity index is 480. The van der Waals surface area contributed by atoms with Crippen LogP contribution in [0.5, 0.6) is 0 Å². The van der Waals surface area contributed by atoms with Crippen LogP contribution < -0.4 is 10.6 Å². The summed E-state index contributed by atoms with van der Waals surface area (Å²) in [4.78, 5) is 11.7. The number of benzene rings is 1. The Morgan fingerprint density at radius 2 is 2.15 bits per heavy atom. The number of aryl methyl sites for hydroxylation is 1. The van der Waals surface area contributed by atoms with Gasteiger partial charge in [-0.3, -0.25) is 0 Å². The summed E-state index contributed by atoms with van der Waals surface area (Å²) >= 11 is 0. The largest absolute Gasteiger partial charge is 0.338 e. The van der Waals surface area contributed by atoms with Crippen LogP contribution >= 0.6 is 0 Å². The second-order valence-electron chi connectivity index (χ2n) is 5.46. The summed E-state index contributed by atoms with van der Waals surface area (Å²) in [5.41, 5.74) is 3.85. The van der Waals surface area contributed by atoms with Crippen LogP contribution in [0.3, 0.4) is 0 Å². The molecule has 1 aliphatic rings. The number of hydrogen-bond donors (Lipinski definition) is 2. The Morgan fingerprint density at radius 3 is 2.90 bits per heavy atom. The van der Waals surface area contributed by atoms with Gasteiger partial charge in [-0.05, 0) is 44.6 Å². The molecular formula is C17H24N2O. The standard InChI is InChI=1S/C17H24N2O/c1-14-6-5-9-16(12-14)13-19-17(20)18-11-10-15-7-3-2-4-8-15/h5-7,9,12H,2-4,8,10-11,13H2,1H3,(H2,18,19,20). The molecular weight excluding hydrogens is 248 g/mol. The number of urea groups is 1. The average molecular weight is 272 g/mol. The van der Waals surface area contributed by atoms with Crippen molar-refractivity contribution >= 4 is 6.03 Å².